The number of nitrogens with zero attached hydrogens (tertiary/aromatic N) is 2. The molecule has 7 nitrogen and oxygen atoms in total. The van der Waals surface area contributed by atoms with Gasteiger partial charge in [-0.05, 0) is 79.8 Å². The monoisotopic (exact) mass is 705 g/mol. The van der Waals surface area contributed by atoms with E-state index in [2.05, 4.69) is 5.32 Å². The molecule has 10 heteroatoms. The maximum Gasteiger partial charge on any atom is 0.264 e. The van der Waals surface area contributed by atoms with Crippen LogP contribution in [0.5, 0.6) is 0 Å². The number of hydrogen-bond acceptors (Lipinski definition) is 4. The second kappa shape index (κ2) is 16.0. The molecule has 0 aliphatic heterocycles. The summed E-state index contributed by atoms with van der Waals surface area (Å²) in [4.78, 5) is 30.5. The average molecular weight is 707 g/mol. The number of amides is 2. The van der Waals surface area contributed by atoms with Crippen molar-refractivity contribution in [3.8, 4) is 0 Å². The fraction of sp³-hybridized carbons (Fsp3) is 0.316. The molecular weight excluding hydrogens is 665 g/mol. The minimum absolute atomic E-state index is 0.0181. The lowest BCUT2D eigenvalue weighted by molar-refractivity contribution is -0.140. The molecule has 1 atom stereocenters. The van der Waals surface area contributed by atoms with E-state index in [0.717, 1.165) is 53.1 Å². The van der Waals surface area contributed by atoms with Gasteiger partial charge < -0.3 is 10.2 Å². The predicted octanol–water partition coefficient (Wildman–Crippen LogP) is 7.89. The Balaban J connectivity index is 1.58. The van der Waals surface area contributed by atoms with Gasteiger partial charge in [0, 0.05) is 29.1 Å². The highest BCUT2D eigenvalue weighted by atomic mass is 35.5. The molecule has 0 saturated heterocycles. The number of halogens is 2. The summed E-state index contributed by atoms with van der Waals surface area (Å²) in [5.41, 5.74) is 3.45. The maximum absolute atomic E-state index is 14.7. The topological polar surface area (TPSA) is 86.8 Å². The van der Waals surface area contributed by atoms with Gasteiger partial charge in [0.25, 0.3) is 10.0 Å². The van der Waals surface area contributed by atoms with Gasteiger partial charge in [-0.1, -0.05) is 109 Å². The van der Waals surface area contributed by atoms with E-state index in [4.69, 9.17) is 23.2 Å². The first-order chi connectivity index (χ1) is 23.0. The highest BCUT2D eigenvalue weighted by Gasteiger charge is 2.36. The molecule has 252 valence electrons. The van der Waals surface area contributed by atoms with E-state index in [0.29, 0.717) is 15.6 Å². The fourth-order valence-corrected chi connectivity index (χ4v) is 7.85. The fourth-order valence-electron chi connectivity index (χ4n) is 6.09. The van der Waals surface area contributed by atoms with Crippen LogP contribution in [0.2, 0.25) is 10.0 Å². The quantitative estimate of drug-likeness (QED) is 0.162. The van der Waals surface area contributed by atoms with Gasteiger partial charge in [0.1, 0.15) is 12.6 Å². The van der Waals surface area contributed by atoms with Crippen LogP contribution in [0.3, 0.4) is 0 Å². The molecule has 0 unspecified atom stereocenters. The highest BCUT2D eigenvalue weighted by molar-refractivity contribution is 7.92. The van der Waals surface area contributed by atoms with E-state index in [1.165, 1.54) is 17.0 Å². The van der Waals surface area contributed by atoms with E-state index in [9.17, 15) is 18.0 Å². The van der Waals surface area contributed by atoms with Crippen LogP contribution in [0.4, 0.5) is 5.69 Å². The van der Waals surface area contributed by atoms with E-state index in [1.54, 1.807) is 49.4 Å². The second-order valence-corrected chi connectivity index (χ2v) is 15.2. The van der Waals surface area contributed by atoms with Gasteiger partial charge in [-0.3, -0.25) is 13.9 Å². The van der Waals surface area contributed by atoms with Crippen molar-refractivity contribution in [2.45, 2.75) is 75.9 Å². The lowest BCUT2D eigenvalue weighted by atomic mass is 9.94. The molecule has 1 N–H and O–H groups in total. The summed E-state index contributed by atoms with van der Waals surface area (Å²) in [5.74, 6) is -0.792. The molecule has 4 aromatic rings. The van der Waals surface area contributed by atoms with Crippen LogP contribution in [0.25, 0.3) is 0 Å². The highest BCUT2D eigenvalue weighted by Crippen LogP contribution is 2.30. The molecule has 5 rings (SSSR count). The Labute approximate surface area is 293 Å². The second-order valence-electron chi connectivity index (χ2n) is 12.5. The van der Waals surface area contributed by atoms with E-state index < -0.39 is 28.5 Å². The number of rotatable bonds is 12. The van der Waals surface area contributed by atoms with Crippen molar-refractivity contribution >= 4 is 50.7 Å². The van der Waals surface area contributed by atoms with Crippen molar-refractivity contribution in [1.29, 1.82) is 0 Å². The summed E-state index contributed by atoms with van der Waals surface area (Å²) >= 11 is 12.6. The average Bonchev–Trinajstić information content (AvgIpc) is 3.08. The van der Waals surface area contributed by atoms with Crippen molar-refractivity contribution in [3.05, 3.63) is 129 Å². The Morgan fingerprint density at radius 3 is 2.12 bits per heavy atom. The zero-order chi connectivity index (χ0) is 34.3. The summed E-state index contributed by atoms with van der Waals surface area (Å²) < 4.78 is 29.8. The van der Waals surface area contributed by atoms with Gasteiger partial charge in [0.15, 0.2) is 0 Å². The molecule has 1 aliphatic carbocycles. The first kappa shape index (κ1) is 35.5. The first-order valence-corrected chi connectivity index (χ1v) is 18.4. The number of nitrogens with one attached hydrogen (secondary N) is 1. The normalized spacial score (nSPS) is 14.2. The molecular formula is C38H41Cl2N3O4S. The van der Waals surface area contributed by atoms with Gasteiger partial charge in [-0.2, -0.15) is 0 Å². The van der Waals surface area contributed by atoms with Gasteiger partial charge in [0.2, 0.25) is 11.8 Å². The Bertz CT molecular complexity index is 1810. The lowest BCUT2D eigenvalue weighted by Crippen LogP contribution is -2.55. The zero-order valence-electron chi connectivity index (χ0n) is 27.2. The molecule has 0 radical (unpaired) electrons. The Morgan fingerprint density at radius 1 is 0.812 bits per heavy atom. The van der Waals surface area contributed by atoms with Crippen molar-refractivity contribution in [2.75, 3.05) is 10.8 Å². The number of aryl methyl sites for hydroxylation is 2. The standard InChI is InChI=1S/C38H41Cl2N3O4S/c1-27-13-21-34(22-14-27)48(46,47)43(35-24-32(40)18-15-28(35)2)26-37(44)42(25-30-16-19-31(39)20-17-30)36(23-29-9-5-3-6-10-29)38(45)41-33-11-7-4-8-12-33/h3,5-6,9-10,13-22,24,33,36H,4,7-8,11-12,23,25-26H2,1-2H3,(H,41,45)/t36-/m1/s1. The largest absolute Gasteiger partial charge is 0.352 e. The van der Waals surface area contributed by atoms with Crippen LogP contribution in [0.15, 0.2) is 102 Å². The summed E-state index contributed by atoms with van der Waals surface area (Å²) in [6.07, 6.45) is 5.21. The predicted molar refractivity (Wildman–Crippen MR) is 193 cm³/mol. The van der Waals surface area contributed by atoms with Crippen molar-refractivity contribution in [2.24, 2.45) is 0 Å². The number of carbonyl (C=O) groups excluding carboxylic acids is 2. The third-order valence-electron chi connectivity index (χ3n) is 8.82. The van der Waals surface area contributed by atoms with Crippen LogP contribution in [-0.2, 0) is 32.6 Å². The number of sulfonamides is 1. The molecule has 1 saturated carbocycles. The van der Waals surface area contributed by atoms with Crippen LogP contribution < -0.4 is 9.62 Å². The number of carbonyl (C=O) groups is 2. The van der Waals surface area contributed by atoms with E-state index >= 15 is 0 Å². The van der Waals surface area contributed by atoms with E-state index in [1.807, 2.05) is 49.4 Å². The van der Waals surface area contributed by atoms with E-state index in [-0.39, 0.29) is 35.5 Å². The van der Waals surface area contributed by atoms with Crippen LogP contribution in [0.1, 0.15) is 54.4 Å². The number of hydrogen-bond donors (Lipinski definition) is 1. The minimum Gasteiger partial charge on any atom is -0.352 e. The van der Waals surface area contributed by atoms with Crippen LogP contribution in [0, 0.1) is 13.8 Å². The molecule has 1 fully saturated rings. The molecule has 0 spiro atoms. The van der Waals surface area contributed by atoms with Crippen molar-refractivity contribution in [1.82, 2.24) is 10.2 Å². The molecule has 4 aromatic carbocycles. The third-order valence-corrected chi connectivity index (χ3v) is 11.1. The summed E-state index contributed by atoms with van der Waals surface area (Å²) in [6, 6.07) is 27.2. The zero-order valence-corrected chi connectivity index (χ0v) is 29.6. The Kier molecular flexibility index (Phi) is 11.8. The lowest BCUT2D eigenvalue weighted by Gasteiger charge is -2.35. The molecule has 2 amide bonds. The van der Waals surface area contributed by atoms with Crippen molar-refractivity contribution in [3.63, 3.8) is 0 Å². The molecule has 0 bridgehead atoms. The Hall–Kier alpha value is -3.85. The van der Waals surface area contributed by atoms with Crippen LogP contribution in [-0.4, -0.2) is 43.8 Å². The van der Waals surface area contributed by atoms with Crippen LogP contribution >= 0.6 is 23.2 Å². The smallest absolute Gasteiger partial charge is 0.264 e. The Morgan fingerprint density at radius 2 is 1.46 bits per heavy atom. The van der Waals surface area contributed by atoms with Crippen molar-refractivity contribution < 1.29 is 18.0 Å². The number of anilines is 1. The molecule has 0 aromatic heterocycles. The van der Waals surface area contributed by atoms with Gasteiger partial charge in [0.05, 0.1) is 10.6 Å². The maximum atomic E-state index is 14.7. The number of benzene rings is 4. The summed E-state index contributed by atoms with van der Waals surface area (Å²) in [7, 11) is -4.24. The SMILES string of the molecule is Cc1ccc(S(=O)(=O)N(CC(=O)N(Cc2ccc(Cl)cc2)[C@H](Cc2ccccc2)C(=O)NC2CCCCC2)c2cc(Cl)ccc2C)cc1. The van der Waals surface area contributed by atoms with Gasteiger partial charge in [-0.15, -0.1) is 0 Å². The first-order valence-electron chi connectivity index (χ1n) is 16.2. The summed E-state index contributed by atoms with van der Waals surface area (Å²) in [6.45, 7) is 3.17. The molecule has 0 heterocycles. The minimum atomic E-state index is -4.24. The molecule has 1 aliphatic rings. The third kappa shape index (κ3) is 8.98. The molecule has 48 heavy (non-hydrogen) atoms. The summed E-state index contributed by atoms with van der Waals surface area (Å²) in [5, 5.41) is 4.10. The van der Waals surface area contributed by atoms with Gasteiger partial charge >= 0.3 is 0 Å². The van der Waals surface area contributed by atoms with Gasteiger partial charge in [-0.25, -0.2) is 8.42 Å².